The third kappa shape index (κ3) is 6.61. The average Bonchev–Trinajstić information content (AvgIpc) is 3.46. The van der Waals surface area contributed by atoms with Crippen molar-refractivity contribution in [3.63, 3.8) is 0 Å². The van der Waals surface area contributed by atoms with Gasteiger partial charge < -0.3 is 15.0 Å². The van der Waals surface area contributed by atoms with Gasteiger partial charge in [0.05, 0.1) is 35.5 Å². The van der Waals surface area contributed by atoms with Crippen LogP contribution in [0.4, 0.5) is 0 Å². The van der Waals surface area contributed by atoms with Crippen molar-refractivity contribution in [2.75, 3.05) is 19.3 Å². The van der Waals surface area contributed by atoms with Gasteiger partial charge in [-0.2, -0.15) is 0 Å². The number of likely N-dealkylation sites (tertiary alicyclic amines) is 1. The Hall–Kier alpha value is -4.96. The maximum atomic E-state index is 13.3. The smallest absolute Gasteiger partial charge is 0.240 e. The van der Waals surface area contributed by atoms with E-state index in [2.05, 4.69) is 14.7 Å². The van der Waals surface area contributed by atoms with Crippen LogP contribution in [-0.2, 0) is 32.5 Å². The molecule has 45 heavy (non-hydrogen) atoms. The van der Waals surface area contributed by atoms with Crippen LogP contribution in [0.2, 0.25) is 0 Å². The molecule has 10 heteroatoms. The van der Waals surface area contributed by atoms with Crippen molar-refractivity contribution in [3.8, 4) is 28.1 Å². The van der Waals surface area contributed by atoms with E-state index in [1.165, 1.54) is 0 Å². The molecule has 0 unspecified atom stereocenters. The zero-order chi connectivity index (χ0) is 31.6. The Balaban J connectivity index is 1.13. The molecule has 2 aromatic heterocycles. The first kappa shape index (κ1) is 30.1. The maximum Gasteiger partial charge on any atom is 0.240 e. The van der Waals surface area contributed by atoms with Gasteiger partial charge >= 0.3 is 0 Å². The lowest BCUT2D eigenvalue weighted by Gasteiger charge is -2.40. The second-order valence-corrected chi connectivity index (χ2v) is 13.5. The number of aromatic nitrogens is 2. The van der Waals surface area contributed by atoms with Crippen LogP contribution in [0.15, 0.2) is 97.3 Å². The number of fused-ring (bicyclic) bond motifs is 1. The van der Waals surface area contributed by atoms with E-state index in [9.17, 15) is 23.1 Å². The topological polar surface area (TPSA) is 132 Å². The molecule has 3 aromatic carbocycles. The Morgan fingerprint density at radius 1 is 0.933 bits per heavy atom. The van der Waals surface area contributed by atoms with Crippen LogP contribution in [0.25, 0.3) is 33.3 Å². The molecule has 0 radical (unpaired) electrons. The second-order valence-electron chi connectivity index (χ2n) is 11.7. The first-order valence-electron chi connectivity index (χ1n) is 14.8. The summed E-state index contributed by atoms with van der Waals surface area (Å²) in [4.78, 5) is 35.7. The number of phenolic OH excluding ortho intramolecular Hbond substituents is 1. The summed E-state index contributed by atoms with van der Waals surface area (Å²) in [6, 6.07) is 26.6. The standard InChI is InChI=1S/C35H34N4O5S/c1-45(43,44)38-34(42)35(22-25-6-3-2-4-7-25)15-18-39(19-16-35)32(40)20-24-10-12-26(13-11-24)28-8-5-9-29(33(28)41)30-21-27-14-17-36-23-31(27)37-30/h2-14,17,21,23,37,41H,15-16,18-20,22H2,1H3,(H,38,42). The molecule has 0 saturated carbocycles. The minimum atomic E-state index is -3.72. The number of rotatable bonds is 8. The number of aromatic amines is 1. The molecule has 1 fully saturated rings. The highest BCUT2D eigenvalue weighted by molar-refractivity contribution is 7.89. The summed E-state index contributed by atoms with van der Waals surface area (Å²) in [5.41, 5.74) is 4.71. The number of phenols is 1. The van der Waals surface area contributed by atoms with Crippen LogP contribution in [-0.4, -0.2) is 59.6 Å². The number of aromatic hydroxyl groups is 1. The number of benzene rings is 3. The van der Waals surface area contributed by atoms with Crippen molar-refractivity contribution >= 4 is 32.7 Å². The molecular formula is C35H34N4O5S. The minimum Gasteiger partial charge on any atom is -0.507 e. The fraction of sp³-hybridized carbons (Fsp3) is 0.229. The van der Waals surface area contributed by atoms with Crippen molar-refractivity contribution in [1.29, 1.82) is 0 Å². The molecule has 0 bridgehead atoms. The van der Waals surface area contributed by atoms with Crippen molar-refractivity contribution in [3.05, 3.63) is 108 Å². The Morgan fingerprint density at radius 2 is 1.64 bits per heavy atom. The number of sulfonamides is 1. The van der Waals surface area contributed by atoms with Crippen molar-refractivity contribution in [2.45, 2.75) is 25.7 Å². The number of carbonyl (C=O) groups excluding carboxylic acids is 2. The predicted octanol–water partition coefficient (Wildman–Crippen LogP) is 5.07. The Morgan fingerprint density at radius 3 is 2.33 bits per heavy atom. The molecular weight excluding hydrogens is 588 g/mol. The van der Waals surface area contributed by atoms with Gasteiger partial charge in [-0.3, -0.25) is 19.3 Å². The number of nitrogens with one attached hydrogen (secondary N) is 2. The van der Waals surface area contributed by atoms with Crippen LogP contribution in [0.5, 0.6) is 5.75 Å². The first-order chi connectivity index (χ1) is 21.6. The molecule has 3 heterocycles. The third-order valence-corrected chi connectivity index (χ3v) is 9.15. The number of H-pyrrole nitrogens is 1. The van der Waals surface area contributed by atoms with Crippen LogP contribution >= 0.6 is 0 Å². The molecule has 230 valence electrons. The highest BCUT2D eigenvalue weighted by atomic mass is 32.2. The number of amides is 2. The van der Waals surface area contributed by atoms with E-state index in [4.69, 9.17) is 0 Å². The van der Waals surface area contributed by atoms with E-state index >= 15 is 0 Å². The van der Waals surface area contributed by atoms with Crippen molar-refractivity contribution in [2.24, 2.45) is 5.41 Å². The summed E-state index contributed by atoms with van der Waals surface area (Å²) < 4.78 is 26.0. The number of para-hydroxylation sites is 1. The second kappa shape index (κ2) is 12.2. The molecule has 0 aliphatic carbocycles. The molecule has 0 atom stereocenters. The van der Waals surface area contributed by atoms with Gasteiger partial charge in [-0.1, -0.05) is 66.7 Å². The Kier molecular flexibility index (Phi) is 8.16. The third-order valence-electron chi connectivity index (χ3n) is 8.59. The van der Waals surface area contributed by atoms with E-state index in [0.717, 1.165) is 39.5 Å². The van der Waals surface area contributed by atoms with Crippen molar-refractivity contribution < 1.29 is 23.1 Å². The van der Waals surface area contributed by atoms with Gasteiger partial charge in [0, 0.05) is 35.8 Å². The number of hydrogen-bond donors (Lipinski definition) is 3. The van der Waals surface area contributed by atoms with Gasteiger partial charge in [-0.25, -0.2) is 8.42 Å². The van der Waals surface area contributed by atoms with Gasteiger partial charge in [0.25, 0.3) is 0 Å². The normalized spacial score (nSPS) is 14.7. The Bertz CT molecular complexity index is 1930. The molecule has 1 aliphatic heterocycles. The lowest BCUT2D eigenvalue weighted by Crippen LogP contribution is -2.52. The highest BCUT2D eigenvalue weighted by Gasteiger charge is 2.43. The van der Waals surface area contributed by atoms with Gasteiger partial charge in [0.2, 0.25) is 21.8 Å². The van der Waals surface area contributed by atoms with Gasteiger partial charge in [-0.15, -0.1) is 0 Å². The lowest BCUT2D eigenvalue weighted by atomic mass is 9.73. The largest absolute Gasteiger partial charge is 0.507 e. The summed E-state index contributed by atoms with van der Waals surface area (Å²) >= 11 is 0. The van der Waals surface area contributed by atoms with E-state index < -0.39 is 21.3 Å². The number of piperidine rings is 1. The average molecular weight is 623 g/mol. The summed E-state index contributed by atoms with van der Waals surface area (Å²) in [6.07, 6.45) is 5.76. The number of carbonyl (C=O) groups is 2. The molecule has 2 amide bonds. The quantitative estimate of drug-likeness (QED) is 0.221. The number of pyridine rings is 1. The lowest BCUT2D eigenvalue weighted by molar-refractivity contribution is -0.139. The van der Waals surface area contributed by atoms with Crippen LogP contribution in [0, 0.1) is 5.41 Å². The monoisotopic (exact) mass is 622 g/mol. The zero-order valence-electron chi connectivity index (χ0n) is 24.9. The van der Waals surface area contributed by atoms with Gasteiger partial charge in [0.15, 0.2) is 0 Å². The summed E-state index contributed by atoms with van der Waals surface area (Å²) in [5, 5.41) is 12.2. The molecule has 1 aliphatic rings. The molecule has 1 saturated heterocycles. The SMILES string of the molecule is CS(=O)(=O)NC(=O)C1(Cc2ccccc2)CCN(C(=O)Cc2ccc(-c3cccc(-c4cc5ccncc5[nH]4)c3O)cc2)CC1. The molecule has 0 spiro atoms. The van der Waals surface area contributed by atoms with Gasteiger partial charge in [-0.05, 0) is 54.2 Å². The summed E-state index contributed by atoms with van der Waals surface area (Å²) in [6.45, 7) is 0.705. The van der Waals surface area contributed by atoms with E-state index in [0.29, 0.717) is 43.5 Å². The molecule has 3 N–H and O–H groups in total. The fourth-order valence-electron chi connectivity index (χ4n) is 6.13. The van der Waals surface area contributed by atoms with Crippen molar-refractivity contribution in [1.82, 2.24) is 19.6 Å². The van der Waals surface area contributed by atoms with Gasteiger partial charge in [0.1, 0.15) is 5.75 Å². The van der Waals surface area contributed by atoms with Crippen LogP contribution in [0.1, 0.15) is 24.0 Å². The number of hydrogen-bond acceptors (Lipinski definition) is 6. The minimum absolute atomic E-state index is 0.0577. The summed E-state index contributed by atoms with van der Waals surface area (Å²) in [7, 11) is -3.72. The van der Waals surface area contributed by atoms with Crippen LogP contribution in [0.3, 0.4) is 0 Å². The maximum absolute atomic E-state index is 13.3. The number of nitrogens with zero attached hydrogens (tertiary/aromatic N) is 2. The Labute approximate surface area is 262 Å². The fourth-order valence-corrected chi connectivity index (χ4v) is 6.68. The molecule has 6 rings (SSSR count). The van der Waals surface area contributed by atoms with Crippen LogP contribution < -0.4 is 4.72 Å². The van der Waals surface area contributed by atoms with E-state index in [1.807, 2.05) is 84.9 Å². The molecule has 5 aromatic rings. The highest BCUT2D eigenvalue weighted by Crippen LogP contribution is 2.39. The van der Waals surface area contributed by atoms with E-state index in [-0.39, 0.29) is 18.1 Å². The summed E-state index contributed by atoms with van der Waals surface area (Å²) in [5.74, 6) is -0.420. The molecule has 9 nitrogen and oxygen atoms in total. The van der Waals surface area contributed by atoms with E-state index in [1.54, 1.807) is 17.3 Å². The predicted molar refractivity (Wildman–Crippen MR) is 174 cm³/mol. The zero-order valence-corrected chi connectivity index (χ0v) is 25.7. The first-order valence-corrected chi connectivity index (χ1v) is 16.7.